The molecule has 122 valence electrons. The van der Waals surface area contributed by atoms with Crippen LogP contribution in [-0.4, -0.2) is 50.5 Å². The van der Waals surface area contributed by atoms with Crippen LogP contribution in [-0.2, 0) is 6.42 Å². The molecule has 0 spiro atoms. The summed E-state index contributed by atoms with van der Waals surface area (Å²) in [5, 5.41) is 0. The predicted octanol–water partition coefficient (Wildman–Crippen LogP) is 3.84. The van der Waals surface area contributed by atoms with Gasteiger partial charge in [-0.15, -0.1) is 35.6 Å². The van der Waals surface area contributed by atoms with Crippen LogP contribution in [0, 0.1) is 0 Å². The van der Waals surface area contributed by atoms with Gasteiger partial charge in [0.05, 0.1) is 14.2 Å². The van der Waals surface area contributed by atoms with Crippen molar-refractivity contribution in [3.05, 3.63) is 23.8 Å². The summed E-state index contributed by atoms with van der Waals surface area (Å²) in [7, 11) is 3.30. The number of nitrogens with zero attached hydrogens (tertiary/aromatic N) is 1. The molecular formula is C15H24Cl3NO2. The summed E-state index contributed by atoms with van der Waals surface area (Å²) < 4.78 is 10.5. The first-order valence-corrected chi connectivity index (χ1v) is 7.87. The molecule has 0 heterocycles. The first-order valence-electron chi connectivity index (χ1n) is 6.80. The normalized spacial score (nSPS) is 10.3. The summed E-state index contributed by atoms with van der Waals surface area (Å²) >= 11 is 11.6. The van der Waals surface area contributed by atoms with Gasteiger partial charge in [0.25, 0.3) is 0 Å². The first kappa shape index (κ1) is 20.6. The molecule has 1 aromatic carbocycles. The van der Waals surface area contributed by atoms with Gasteiger partial charge in [0.15, 0.2) is 11.5 Å². The first-order chi connectivity index (χ1) is 9.74. The molecule has 0 radical (unpaired) electrons. The number of hydrogen-bond acceptors (Lipinski definition) is 3. The summed E-state index contributed by atoms with van der Waals surface area (Å²) in [6.07, 6.45) is 2.07. The molecule has 0 N–H and O–H groups in total. The minimum Gasteiger partial charge on any atom is -0.493 e. The molecule has 0 saturated carbocycles. The van der Waals surface area contributed by atoms with E-state index in [-0.39, 0.29) is 12.4 Å². The van der Waals surface area contributed by atoms with E-state index in [1.807, 2.05) is 12.1 Å². The number of aryl methyl sites for hydroxylation is 1. The van der Waals surface area contributed by atoms with Gasteiger partial charge in [-0.25, -0.2) is 0 Å². The lowest BCUT2D eigenvalue weighted by molar-refractivity contribution is 0.303. The third-order valence-electron chi connectivity index (χ3n) is 3.19. The molecule has 1 aromatic rings. The second-order valence-corrected chi connectivity index (χ2v) is 5.27. The van der Waals surface area contributed by atoms with Crippen molar-refractivity contribution in [2.75, 3.05) is 45.6 Å². The Bertz CT molecular complexity index is 385. The fraction of sp³-hybridized carbons (Fsp3) is 0.600. The van der Waals surface area contributed by atoms with E-state index in [2.05, 4.69) is 11.0 Å². The molecule has 0 atom stereocenters. The van der Waals surface area contributed by atoms with Crippen molar-refractivity contribution in [3.63, 3.8) is 0 Å². The van der Waals surface area contributed by atoms with Crippen LogP contribution in [0.5, 0.6) is 11.5 Å². The van der Waals surface area contributed by atoms with Crippen LogP contribution in [0.3, 0.4) is 0 Å². The third kappa shape index (κ3) is 7.46. The van der Waals surface area contributed by atoms with Crippen LogP contribution >= 0.6 is 35.6 Å². The number of methoxy groups -OCH3 is 2. The molecule has 3 nitrogen and oxygen atoms in total. The quantitative estimate of drug-likeness (QED) is 0.595. The van der Waals surface area contributed by atoms with Crippen LogP contribution in [0.2, 0.25) is 0 Å². The van der Waals surface area contributed by atoms with Crippen molar-refractivity contribution in [3.8, 4) is 11.5 Å². The average molecular weight is 357 g/mol. The van der Waals surface area contributed by atoms with Crippen LogP contribution in [0.1, 0.15) is 12.0 Å². The minimum absolute atomic E-state index is 0. The SMILES string of the molecule is COc1ccc(CCCN(CCCl)CCCl)cc1OC.Cl. The molecule has 6 heteroatoms. The van der Waals surface area contributed by atoms with E-state index >= 15 is 0 Å². The smallest absolute Gasteiger partial charge is 0.160 e. The van der Waals surface area contributed by atoms with E-state index in [4.69, 9.17) is 32.7 Å². The maximum atomic E-state index is 5.79. The number of alkyl halides is 2. The molecule has 0 aromatic heterocycles. The van der Waals surface area contributed by atoms with E-state index in [1.165, 1.54) is 5.56 Å². The highest BCUT2D eigenvalue weighted by Gasteiger charge is 2.06. The fourth-order valence-electron chi connectivity index (χ4n) is 2.12. The zero-order chi connectivity index (χ0) is 14.8. The Morgan fingerprint density at radius 3 is 2.10 bits per heavy atom. The topological polar surface area (TPSA) is 21.7 Å². The summed E-state index contributed by atoms with van der Waals surface area (Å²) in [6.45, 7) is 2.79. The Hall–Kier alpha value is -0.350. The summed E-state index contributed by atoms with van der Waals surface area (Å²) in [5.74, 6) is 2.84. The Labute approximate surface area is 143 Å². The average Bonchev–Trinajstić information content (AvgIpc) is 2.47. The molecule has 21 heavy (non-hydrogen) atoms. The maximum absolute atomic E-state index is 5.79. The number of halogens is 3. The van der Waals surface area contributed by atoms with Gasteiger partial charge in [0, 0.05) is 24.8 Å². The van der Waals surface area contributed by atoms with Gasteiger partial charge in [-0.2, -0.15) is 0 Å². The second kappa shape index (κ2) is 12.2. The van der Waals surface area contributed by atoms with Crippen LogP contribution < -0.4 is 9.47 Å². The van der Waals surface area contributed by atoms with Crippen LogP contribution in [0.4, 0.5) is 0 Å². The summed E-state index contributed by atoms with van der Waals surface area (Å²) in [4.78, 5) is 2.29. The highest BCUT2D eigenvalue weighted by atomic mass is 35.5. The standard InChI is InChI=1S/C15H23Cl2NO2.ClH/c1-19-14-6-5-13(12-15(14)20-2)4-3-9-18(10-7-16)11-8-17;/h5-6,12H,3-4,7-11H2,1-2H3;1H. The lowest BCUT2D eigenvalue weighted by Gasteiger charge is -2.19. The van der Waals surface area contributed by atoms with Crippen molar-refractivity contribution >= 4 is 35.6 Å². The zero-order valence-corrected chi connectivity index (χ0v) is 14.9. The van der Waals surface area contributed by atoms with Gasteiger partial charge in [0.2, 0.25) is 0 Å². The molecule has 0 aliphatic heterocycles. The van der Waals surface area contributed by atoms with E-state index in [9.17, 15) is 0 Å². The third-order valence-corrected chi connectivity index (χ3v) is 3.53. The Kier molecular flexibility index (Phi) is 12.0. The number of hydrogen-bond donors (Lipinski definition) is 0. The van der Waals surface area contributed by atoms with Gasteiger partial charge in [-0.1, -0.05) is 6.07 Å². The Morgan fingerprint density at radius 1 is 0.952 bits per heavy atom. The number of ether oxygens (including phenoxy) is 2. The van der Waals surface area contributed by atoms with Gasteiger partial charge < -0.3 is 14.4 Å². The van der Waals surface area contributed by atoms with Gasteiger partial charge >= 0.3 is 0 Å². The zero-order valence-electron chi connectivity index (χ0n) is 12.6. The summed E-state index contributed by atoms with van der Waals surface area (Å²) in [5.41, 5.74) is 1.25. The second-order valence-electron chi connectivity index (χ2n) is 4.51. The van der Waals surface area contributed by atoms with E-state index in [0.717, 1.165) is 44.0 Å². The van der Waals surface area contributed by atoms with E-state index in [1.54, 1.807) is 14.2 Å². The van der Waals surface area contributed by atoms with Gasteiger partial charge in [-0.05, 0) is 37.1 Å². The Morgan fingerprint density at radius 2 is 1.57 bits per heavy atom. The Balaban J connectivity index is 0.00000400. The maximum Gasteiger partial charge on any atom is 0.160 e. The fourth-order valence-corrected chi connectivity index (χ4v) is 2.60. The lowest BCUT2D eigenvalue weighted by Crippen LogP contribution is -2.29. The van der Waals surface area contributed by atoms with Crippen molar-refractivity contribution in [1.82, 2.24) is 4.90 Å². The van der Waals surface area contributed by atoms with Crippen molar-refractivity contribution < 1.29 is 9.47 Å². The highest BCUT2D eigenvalue weighted by Crippen LogP contribution is 2.27. The van der Waals surface area contributed by atoms with Crippen molar-refractivity contribution in [1.29, 1.82) is 0 Å². The number of benzene rings is 1. The molecule has 0 saturated heterocycles. The van der Waals surface area contributed by atoms with Crippen LogP contribution in [0.15, 0.2) is 18.2 Å². The lowest BCUT2D eigenvalue weighted by atomic mass is 10.1. The van der Waals surface area contributed by atoms with Gasteiger partial charge in [0.1, 0.15) is 0 Å². The minimum atomic E-state index is 0. The molecule has 0 bridgehead atoms. The van der Waals surface area contributed by atoms with E-state index < -0.39 is 0 Å². The predicted molar refractivity (Wildman–Crippen MR) is 93.0 cm³/mol. The van der Waals surface area contributed by atoms with Gasteiger partial charge in [-0.3, -0.25) is 0 Å². The number of rotatable bonds is 10. The van der Waals surface area contributed by atoms with Crippen molar-refractivity contribution in [2.45, 2.75) is 12.8 Å². The molecule has 0 amide bonds. The molecule has 0 unspecified atom stereocenters. The largest absolute Gasteiger partial charge is 0.493 e. The molecular weight excluding hydrogens is 333 g/mol. The molecule has 1 rings (SSSR count). The molecule has 0 fully saturated rings. The van der Waals surface area contributed by atoms with Crippen molar-refractivity contribution in [2.24, 2.45) is 0 Å². The molecule has 0 aliphatic rings. The monoisotopic (exact) mass is 355 g/mol. The highest BCUT2D eigenvalue weighted by molar-refractivity contribution is 6.18. The summed E-state index contributed by atoms with van der Waals surface area (Å²) in [6, 6.07) is 6.06. The molecule has 0 aliphatic carbocycles. The van der Waals surface area contributed by atoms with E-state index in [0.29, 0.717) is 11.8 Å². The van der Waals surface area contributed by atoms with Crippen LogP contribution in [0.25, 0.3) is 0 Å².